The number of oxime groups is 1. The molecule has 0 radical (unpaired) electrons. The van der Waals surface area contributed by atoms with Crippen molar-refractivity contribution in [3.05, 3.63) is 0 Å². The van der Waals surface area contributed by atoms with Gasteiger partial charge in [0, 0.05) is 14.1 Å². The molecule has 15 heavy (non-hydrogen) atoms. The molecule has 1 amide bonds. The second-order valence-corrected chi connectivity index (χ2v) is 8.32. The van der Waals surface area contributed by atoms with Crippen LogP contribution in [-0.2, 0) is 4.84 Å². The Labute approximate surface area is 103 Å². The highest BCUT2D eigenvalue weighted by Crippen LogP contribution is 2.43. The van der Waals surface area contributed by atoms with Gasteiger partial charge in [0.15, 0.2) is 4.38 Å². The fourth-order valence-corrected chi connectivity index (χ4v) is 5.76. The van der Waals surface area contributed by atoms with E-state index < -0.39 is 6.09 Å². The van der Waals surface area contributed by atoms with E-state index in [1.807, 2.05) is 11.8 Å². The van der Waals surface area contributed by atoms with Crippen molar-refractivity contribution in [2.45, 2.75) is 23.0 Å². The van der Waals surface area contributed by atoms with Crippen LogP contribution in [0.1, 0.15) is 13.8 Å². The Balaban J connectivity index is 2.48. The zero-order chi connectivity index (χ0) is 11.4. The standard InChI is InChI=1S/C8H14N2O2S3/c1-5-13-6(2)15-7(14-5)9-12-8(11)10(3)4/h5-6H,1-4H3. The number of thioether (sulfide) groups is 3. The maximum Gasteiger partial charge on any atom is 0.435 e. The lowest BCUT2D eigenvalue weighted by Gasteiger charge is -2.22. The summed E-state index contributed by atoms with van der Waals surface area (Å²) in [7, 11) is 3.26. The van der Waals surface area contributed by atoms with Gasteiger partial charge in [-0.3, -0.25) is 4.84 Å². The molecule has 1 fully saturated rings. The lowest BCUT2D eigenvalue weighted by molar-refractivity contribution is 0.123. The lowest BCUT2D eigenvalue weighted by atomic mass is 10.9. The number of amides is 1. The van der Waals surface area contributed by atoms with Crippen LogP contribution in [-0.4, -0.2) is 38.6 Å². The predicted molar refractivity (Wildman–Crippen MR) is 69.3 cm³/mol. The Morgan fingerprint density at radius 3 is 2.33 bits per heavy atom. The maximum atomic E-state index is 11.1. The van der Waals surface area contributed by atoms with Crippen LogP contribution in [0, 0.1) is 0 Å². The highest BCUT2D eigenvalue weighted by molar-refractivity contribution is 8.48. The summed E-state index contributed by atoms with van der Waals surface area (Å²) in [6, 6.07) is 0. The van der Waals surface area contributed by atoms with Gasteiger partial charge in [0.1, 0.15) is 0 Å². The van der Waals surface area contributed by atoms with Gasteiger partial charge in [-0.05, 0) is 13.8 Å². The molecule has 0 bridgehead atoms. The molecule has 7 heteroatoms. The molecule has 0 aliphatic carbocycles. The molecule has 0 spiro atoms. The first-order valence-corrected chi connectivity index (χ1v) is 7.14. The fourth-order valence-electron chi connectivity index (χ4n) is 0.838. The van der Waals surface area contributed by atoms with Crippen LogP contribution in [0.3, 0.4) is 0 Å². The molecular weight excluding hydrogens is 252 g/mol. The SMILES string of the molecule is CC1SC(=NOC(=O)N(C)C)SC(C)S1. The summed E-state index contributed by atoms with van der Waals surface area (Å²) >= 11 is 5.13. The van der Waals surface area contributed by atoms with E-state index in [0.717, 1.165) is 4.38 Å². The van der Waals surface area contributed by atoms with Crippen LogP contribution in [0.25, 0.3) is 0 Å². The zero-order valence-electron chi connectivity index (χ0n) is 9.09. The Morgan fingerprint density at radius 1 is 1.33 bits per heavy atom. The van der Waals surface area contributed by atoms with Crippen molar-refractivity contribution in [1.82, 2.24) is 4.90 Å². The largest absolute Gasteiger partial charge is 0.435 e. The van der Waals surface area contributed by atoms with E-state index >= 15 is 0 Å². The van der Waals surface area contributed by atoms with Crippen LogP contribution in [0.4, 0.5) is 4.79 Å². The monoisotopic (exact) mass is 266 g/mol. The van der Waals surface area contributed by atoms with Crippen molar-refractivity contribution in [3.8, 4) is 0 Å². The van der Waals surface area contributed by atoms with E-state index in [1.165, 1.54) is 4.90 Å². The maximum absolute atomic E-state index is 11.1. The van der Waals surface area contributed by atoms with Gasteiger partial charge in [-0.25, -0.2) is 4.79 Å². The second-order valence-electron chi connectivity index (χ2n) is 3.12. The molecule has 0 N–H and O–H groups in total. The van der Waals surface area contributed by atoms with Crippen LogP contribution < -0.4 is 0 Å². The molecule has 1 aliphatic heterocycles. The predicted octanol–water partition coefficient (Wildman–Crippen LogP) is 2.86. The second kappa shape index (κ2) is 5.91. The Kier molecular flexibility index (Phi) is 5.14. The molecule has 4 nitrogen and oxygen atoms in total. The van der Waals surface area contributed by atoms with Crippen molar-refractivity contribution in [2.75, 3.05) is 14.1 Å². The average molecular weight is 266 g/mol. The minimum atomic E-state index is -0.442. The van der Waals surface area contributed by atoms with Gasteiger partial charge >= 0.3 is 6.09 Å². The van der Waals surface area contributed by atoms with Crippen molar-refractivity contribution in [3.63, 3.8) is 0 Å². The smallest absolute Gasteiger partial charge is 0.312 e. The van der Waals surface area contributed by atoms with Crippen LogP contribution >= 0.6 is 35.3 Å². The third-order valence-corrected chi connectivity index (χ3v) is 5.28. The molecule has 0 aromatic carbocycles. The minimum Gasteiger partial charge on any atom is -0.312 e. The molecule has 1 rings (SSSR count). The molecule has 1 heterocycles. The van der Waals surface area contributed by atoms with Crippen LogP contribution in [0.15, 0.2) is 5.16 Å². The van der Waals surface area contributed by atoms with E-state index in [0.29, 0.717) is 9.16 Å². The van der Waals surface area contributed by atoms with E-state index in [-0.39, 0.29) is 0 Å². The first-order valence-electron chi connectivity index (χ1n) is 4.44. The van der Waals surface area contributed by atoms with Gasteiger partial charge in [0.2, 0.25) is 0 Å². The third-order valence-electron chi connectivity index (χ3n) is 1.48. The first-order chi connectivity index (χ1) is 6.99. The number of rotatable bonds is 1. The normalized spacial score (nSPS) is 26.0. The van der Waals surface area contributed by atoms with E-state index in [1.54, 1.807) is 37.6 Å². The summed E-state index contributed by atoms with van der Waals surface area (Å²) in [5.41, 5.74) is 0. The summed E-state index contributed by atoms with van der Waals surface area (Å²) in [6.07, 6.45) is -0.442. The highest BCUT2D eigenvalue weighted by atomic mass is 32.3. The topological polar surface area (TPSA) is 41.9 Å². The summed E-state index contributed by atoms with van der Waals surface area (Å²) in [5.74, 6) is 0. The summed E-state index contributed by atoms with van der Waals surface area (Å²) in [4.78, 5) is 17.2. The number of hydrogen-bond acceptors (Lipinski definition) is 6. The zero-order valence-corrected chi connectivity index (χ0v) is 11.5. The molecule has 0 aromatic heterocycles. The number of hydrogen-bond donors (Lipinski definition) is 0. The Hall–Kier alpha value is -0.0100. The molecule has 2 unspecified atom stereocenters. The summed E-state index contributed by atoms with van der Waals surface area (Å²) in [5, 5.41) is 3.84. The van der Waals surface area contributed by atoms with Crippen LogP contribution in [0.5, 0.6) is 0 Å². The first kappa shape index (κ1) is 13.1. The molecule has 86 valence electrons. The third kappa shape index (κ3) is 4.56. The Bertz CT molecular complexity index is 259. The van der Waals surface area contributed by atoms with Gasteiger partial charge in [-0.2, -0.15) is 0 Å². The minimum absolute atomic E-state index is 0.442. The number of carbonyl (C=O) groups excluding carboxylic acids is 1. The molecule has 2 atom stereocenters. The number of carbonyl (C=O) groups is 1. The fraction of sp³-hybridized carbons (Fsp3) is 0.750. The lowest BCUT2D eigenvalue weighted by Crippen LogP contribution is -2.21. The van der Waals surface area contributed by atoms with Gasteiger partial charge in [0.05, 0.1) is 9.16 Å². The van der Waals surface area contributed by atoms with Crippen LogP contribution in [0.2, 0.25) is 0 Å². The van der Waals surface area contributed by atoms with Gasteiger partial charge in [0.25, 0.3) is 0 Å². The molecule has 0 saturated carbocycles. The van der Waals surface area contributed by atoms with Gasteiger partial charge < -0.3 is 4.90 Å². The van der Waals surface area contributed by atoms with E-state index in [9.17, 15) is 4.79 Å². The van der Waals surface area contributed by atoms with Crippen molar-refractivity contribution in [2.24, 2.45) is 5.16 Å². The van der Waals surface area contributed by atoms with Gasteiger partial charge in [-0.15, -0.1) is 11.8 Å². The van der Waals surface area contributed by atoms with Crippen molar-refractivity contribution < 1.29 is 9.63 Å². The molecule has 1 aliphatic rings. The molecule has 1 saturated heterocycles. The average Bonchev–Trinajstić information content (AvgIpc) is 2.12. The summed E-state index contributed by atoms with van der Waals surface area (Å²) in [6.45, 7) is 4.24. The van der Waals surface area contributed by atoms with Crippen molar-refractivity contribution >= 4 is 45.8 Å². The van der Waals surface area contributed by atoms with E-state index in [2.05, 4.69) is 19.0 Å². The number of nitrogens with zero attached hydrogens (tertiary/aromatic N) is 2. The van der Waals surface area contributed by atoms with E-state index in [4.69, 9.17) is 4.84 Å². The molecule has 0 aromatic rings. The van der Waals surface area contributed by atoms with Gasteiger partial charge in [-0.1, -0.05) is 28.7 Å². The highest BCUT2D eigenvalue weighted by Gasteiger charge is 2.23. The van der Waals surface area contributed by atoms with Crippen molar-refractivity contribution in [1.29, 1.82) is 0 Å². The summed E-state index contributed by atoms with van der Waals surface area (Å²) < 4.78 is 1.74. The Morgan fingerprint density at radius 2 is 1.87 bits per heavy atom. The quantitative estimate of drug-likeness (QED) is 0.539. The molecular formula is C8H14N2O2S3.